The van der Waals surface area contributed by atoms with Crippen LogP contribution >= 0.6 is 0 Å². The third-order valence-electron chi connectivity index (χ3n) is 3.07. The Hall–Kier alpha value is -2.50. The highest BCUT2D eigenvalue weighted by Crippen LogP contribution is 2.20. The smallest absolute Gasteiger partial charge is 0.277 e. The van der Waals surface area contributed by atoms with Gasteiger partial charge < -0.3 is 5.32 Å². The Bertz CT molecular complexity index is 628. The Balaban J connectivity index is 2.15. The van der Waals surface area contributed by atoms with E-state index in [2.05, 4.69) is 22.2 Å². The second kappa shape index (κ2) is 6.10. The molecule has 0 fully saturated rings. The Kier molecular flexibility index (Phi) is 4.24. The topological polar surface area (TPSA) is 81.0 Å². The van der Waals surface area contributed by atoms with E-state index >= 15 is 0 Å². The quantitative estimate of drug-likeness (QED) is 0.668. The molecule has 0 radical (unpaired) electrons. The second-order valence-electron chi connectivity index (χ2n) is 4.43. The largest absolute Gasteiger partial charge is 0.364 e. The molecule has 0 saturated carbocycles. The van der Waals surface area contributed by atoms with E-state index in [1.54, 1.807) is 13.1 Å². The number of hydrogen-bond donors (Lipinski definition) is 1. The minimum Gasteiger partial charge on any atom is -0.364 e. The summed E-state index contributed by atoms with van der Waals surface area (Å²) in [7, 11) is 0. The fourth-order valence-electron chi connectivity index (χ4n) is 1.93. The number of pyridine rings is 2. The summed E-state index contributed by atoms with van der Waals surface area (Å²) >= 11 is 0. The first kappa shape index (κ1) is 13.9. The predicted molar refractivity (Wildman–Crippen MR) is 76.6 cm³/mol. The van der Waals surface area contributed by atoms with Crippen LogP contribution in [0.4, 0.5) is 11.5 Å². The molecule has 0 unspecified atom stereocenters. The first-order valence-electron chi connectivity index (χ1n) is 6.39. The van der Waals surface area contributed by atoms with Crippen LogP contribution in [0.1, 0.15) is 23.7 Å². The molecule has 0 aliphatic rings. The van der Waals surface area contributed by atoms with Gasteiger partial charge in [0, 0.05) is 18.0 Å². The summed E-state index contributed by atoms with van der Waals surface area (Å²) in [5.41, 5.74) is 2.70. The van der Waals surface area contributed by atoms with E-state index in [4.69, 9.17) is 0 Å². The summed E-state index contributed by atoms with van der Waals surface area (Å²) in [5, 5.41) is 14.0. The van der Waals surface area contributed by atoms with Crippen molar-refractivity contribution in [3.63, 3.8) is 0 Å². The highest BCUT2D eigenvalue weighted by atomic mass is 16.6. The van der Waals surface area contributed by atoms with Crippen LogP contribution in [0.3, 0.4) is 0 Å². The Labute approximate surface area is 117 Å². The molecule has 20 heavy (non-hydrogen) atoms. The molecule has 0 aliphatic carbocycles. The highest BCUT2D eigenvalue weighted by Gasteiger charge is 2.12. The van der Waals surface area contributed by atoms with Crippen molar-refractivity contribution in [3.05, 3.63) is 57.5 Å². The van der Waals surface area contributed by atoms with Gasteiger partial charge in [0.05, 0.1) is 23.2 Å². The van der Waals surface area contributed by atoms with Gasteiger partial charge in [-0.1, -0.05) is 13.0 Å². The molecule has 1 N–H and O–H groups in total. The van der Waals surface area contributed by atoms with Crippen LogP contribution in [0, 0.1) is 17.0 Å². The zero-order chi connectivity index (χ0) is 14.5. The van der Waals surface area contributed by atoms with Gasteiger partial charge in [0.15, 0.2) is 0 Å². The average molecular weight is 272 g/mol. The van der Waals surface area contributed by atoms with E-state index in [1.165, 1.54) is 12.3 Å². The highest BCUT2D eigenvalue weighted by molar-refractivity contribution is 5.49. The number of nitro groups is 1. The molecular formula is C14H16N4O2. The van der Waals surface area contributed by atoms with Crippen LogP contribution in [0.5, 0.6) is 0 Å². The lowest BCUT2D eigenvalue weighted by Crippen LogP contribution is -2.06. The second-order valence-corrected chi connectivity index (χ2v) is 4.43. The molecule has 0 bridgehead atoms. The van der Waals surface area contributed by atoms with E-state index < -0.39 is 4.92 Å². The van der Waals surface area contributed by atoms with Gasteiger partial charge in [-0.25, -0.2) is 4.98 Å². The zero-order valence-corrected chi connectivity index (χ0v) is 11.5. The van der Waals surface area contributed by atoms with Gasteiger partial charge in [-0.3, -0.25) is 15.1 Å². The van der Waals surface area contributed by atoms with Crippen LogP contribution in [-0.4, -0.2) is 14.9 Å². The first-order chi connectivity index (χ1) is 9.61. The molecular weight excluding hydrogens is 256 g/mol. The number of nitrogens with zero attached hydrogens (tertiary/aromatic N) is 3. The van der Waals surface area contributed by atoms with Crippen molar-refractivity contribution in [2.45, 2.75) is 26.8 Å². The zero-order valence-electron chi connectivity index (χ0n) is 11.5. The van der Waals surface area contributed by atoms with Crippen LogP contribution in [0.25, 0.3) is 0 Å². The van der Waals surface area contributed by atoms with E-state index in [-0.39, 0.29) is 5.69 Å². The predicted octanol–water partition coefficient (Wildman–Crippen LogP) is 2.87. The van der Waals surface area contributed by atoms with Crippen LogP contribution in [-0.2, 0) is 13.0 Å². The van der Waals surface area contributed by atoms with Crippen molar-refractivity contribution in [2.75, 3.05) is 5.32 Å². The van der Waals surface area contributed by atoms with Crippen molar-refractivity contribution >= 4 is 11.5 Å². The van der Waals surface area contributed by atoms with E-state index in [1.807, 2.05) is 12.1 Å². The van der Waals surface area contributed by atoms with E-state index in [0.29, 0.717) is 17.9 Å². The van der Waals surface area contributed by atoms with Gasteiger partial charge in [0.1, 0.15) is 5.82 Å². The third kappa shape index (κ3) is 3.09. The van der Waals surface area contributed by atoms with Crippen molar-refractivity contribution in [2.24, 2.45) is 0 Å². The number of aromatic nitrogens is 2. The van der Waals surface area contributed by atoms with Crippen LogP contribution in [0.15, 0.2) is 30.6 Å². The molecule has 2 heterocycles. The number of rotatable bonds is 5. The van der Waals surface area contributed by atoms with Crippen molar-refractivity contribution in [3.8, 4) is 0 Å². The van der Waals surface area contributed by atoms with Crippen molar-refractivity contribution < 1.29 is 4.92 Å². The molecule has 6 nitrogen and oxygen atoms in total. The number of aryl methyl sites for hydroxylation is 2. The lowest BCUT2D eigenvalue weighted by molar-refractivity contribution is -0.385. The van der Waals surface area contributed by atoms with Gasteiger partial charge in [-0.15, -0.1) is 0 Å². The molecule has 0 aromatic carbocycles. The third-order valence-corrected chi connectivity index (χ3v) is 3.07. The molecule has 0 aliphatic heterocycles. The Morgan fingerprint density at radius 1 is 1.40 bits per heavy atom. The Morgan fingerprint density at radius 3 is 2.90 bits per heavy atom. The minimum absolute atomic E-state index is 0.0687. The maximum absolute atomic E-state index is 10.9. The molecule has 0 spiro atoms. The summed E-state index contributed by atoms with van der Waals surface area (Å²) in [6.07, 6.45) is 4.13. The summed E-state index contributed by atoms with van der Waals surface area (Å²) in [5.74, 6) is 0.481. The first-order valence-corrected chi connectivity index (χ1v) is 6.39. The molecule has 6 heteroatoms. The SMILES string of the molecule is CCc1cccnc1CNc1cc([N+](=O)[O-])c(C)cn1. The van der Waals surface area contributed by atoms with Crippen LogP contribution in [0.2, 0.25) is 0 Å². The molecule has 104 valence electrons. The van der Waals surface area contributed by atoms with Crippen molar-refractivity contribution in [1.29, 1.82) is 0 Å². The maximum atomic E-state index is 10.9. The number of anilines is 1. The van der Waals surface area contributed by atoms with Gasteiger partial charge in [0.2, 0.25) is 0 Å². The average Bonchev–Trinajstić information content (AvgIpc) is 2.46. The lowest BCUT2D eigenvalue weighted by atomic mass is 10.1. The monoisotopic (exact) mass is 272 g/mol. The summed E-state index contributed by atoms with van der Waals surface area (Å²) in [4.78, 5) is 18.9. The Morgan fingerprint density at radius 2 is 2.20 bits per heavy atom. The maximum Gasteiger partial charge on any atom is 0.277 e. The fraction of sp³-hybridized carbons (Fsp3) is 0.286. The van der Waals surface area contributed by atoms with Gasteiger partial charge in [-0.05, 0) is 25.0 Å². The molecule has 0 atom stereocenters. The summed E-state index contributed by atoms with van der Waals surface area (Å²) < 4.78 is 0. The normalized spacial score (nSPS) is 10.3. The summed E-state index contributed by atoms with van der Waals surface area (Å²) in [6, 6.07) is 5.37. The molecule has 0 amide bonds. The standard InChI is InChI=1S/C14H16N4O2/c1-3-11-5-4-6-15-12(11)9-17-14-7-13(18(19)20)10(2)8-16-14/h4-8H,3,9H2,1-2H3,(H,16,17). The van der Waals surface area contributed by atoms with Gasteiger partial charge in [-0.2, -0.15) is 0 Å². The molecule has 2 aromatic rings. The molecule has 2 aromatic heterocycles. The van der Waals surface area contributed by atoms with E-state index in [0.717, 1.165) is 17.7 Å². The summed E-state index contributed by atoms with van der Waals surface area (Å²) in [6.45, 7) is 4.23. The number of nitrogens with one attached hydrogen (secondary N) is 1. The number of hydrogen-bond acceptors (Lipinski definition) is 5. The van der Waals surface area contributed by atoms with Gasteiger partial charge in [0.25, 0.3) is 5.69 Å². The van der Waals surface area contributed by atoms with Crippen LogP contribution < -0.4 is 5.32 Å². The van der Waals surface area contributed by atoms with E-state index in [9.17, 15) is 10.1 Å². The molecule has 0 saturated heterocycles. The molecule has 2 rings (SSSR count). The lowest BCUT2D eigenvalue weighted by Gasteiger charge is -2.09. The van der Waals surface area contributed by atoms with Crippen molar-refractivity contribution in [1.82, 2.24) is 9.97 Å². The fourth-order valence-corrected chi connectivity index (χ4v) is 1.93. The minimum atomic E-state index is -0.402. The van der Waals surface area contributed by atoms with Gasteiger partial charge >= 0.3 is 0 Å².